The first kappa shape index (κ1) is 30.1. The third kappa shape index (κ3) is 6.76. The van der Waals surface area contributed by atoms with Gasteiger partial charge in [0.2, 0.25) is 11.8 Å². The molecule has 0 saturated carbocycles. The van der Waals surface area contributed by atoms with E-state index in [1.54, 1.807) is 48.5 Å². The van der Waals surface area contributed by atoms with Crippen LogP contribution in [-0.2, 0) is 26.2 Å². The Morgan fingerprint density at radius 2 is 1.54 bits per heavy atom. The van der Waals surface area contributed by atoms with E-state index in [0.717, 1.165) is 4.31 Å². The molecule has 3 aromatic carbocycles. The van der Waals surface area contributed by atoms with E-state index in [0.29, 0.717) is 21.4 Å². The molecule has 1 N–H and O–H groups in total. The van der Waals surface area contributed by atoms with E-state index in [9.17, 15) is 18.0 Å². The van der Waals surface area contributed by atoms with Crippen LogP contribution in [0.25, 0.3) is 0 Å². The normalized spacial score (nSPS) is 11.8. The van der Waals surface area contributed by atoms with E-state index in [-0.39, 0.29) is 22.9 Å². The molecule has 0 fully saturated rings. The van der Waals surface area contributed by atoms with E-state index < -0.39 is 34.4 Å². The van der Waals surface area contributed by atoms with Gasteiger partial charge in [-0.2, -0.15) is 0 Å². The van der Waals surface area contributed by atoms with Gasteiger partial charge in [-0.25, -0.2) is 8.42 Å². The Bertz CT molecular complexity index is 1420. The van der Waals surface area contributed by atoms with E-state index in [4.69, 9.17) is 32.7 Å². The second-order valence-corrected chi connectivity index (χ2v) is 11.1. The van der Waals surface area contributed by atoms with Crippen LogP contribution in [-0.4, -0.2) is 59.0 Å². The highest BCUT2D eigenvalue weighted by Crippen LogP contribution is 2.33. The molecule has 0 heterocycles. The van der Waals surface area contributed by atoms with Crippen LogP contribution in [0.5, 0.6) is 11.5 Å². The Labute approximate surface area is 238 Å². The van der Waals surface area contributed by atoms with E-state index in [1.165, 1.54) is 51.3 Å². The fourth-order valence-corrected chi connectivity index (χ4v) is 5.82. The Balaban J connectivity index is 2.08. The summed E-state index contributed by atoms with van der Waals surface area (Å²) in [6.07, 6.45) is 0. The summed E-state index contributed by atoms with van der Waals surface area (Å²) in [6, 6.07) is 16.3. The zero-order chi connectivity index (χ0) is 28.7. The molecule has 0 bridgehead atoms. The smallest absolute Gasteiger partial charge is 0.264 e. The highest BCUT2D eigenvalue weighted by molar-refractivity contribution is 7.92. The number of likely N-dealkylation sites (N-methyl/N-ethyl adjacent to an activating group) is 1. The largest absolute Gasteiger partial charge is 0.493 e. The number of rotatable bonds is 11. The Morgan fingerprint density at radius 3 is 2.10 bits per heavy atom. The number of para-hydroxylation sites is 1. The quantitative estimate of drug-likeness (QED) is 0.354. The summed E-state index contributed by atoms with van der Waals surface area (Å²) >= 11 is 12.7. The number of anilines is 1. The molecular weight excluding hydrogens is 565 g/mol. The molecule has 9 nitrogen and oxygen atoms in total. The van der Waals surface area contributed by atoms with Gasteiger partial charge in [0.05, 0.1) is 24.8 Å². The summed E-state index contributed by atoms with van der Waals surface area (Å²) in [4.78, 5) is 27.5. The number of nitrogens with zero attached hydrogens (tertiary/aromatic N) is 2. The number of benzene rings is 3. The van der Waals surface area contributed by atoms with Crippen molar-refractivity contribution in [2.24, 2.45) is 0 Å². The standard InChI is InChI=1S/C27H29Cl2N3O6S/c1-18(27(34)30-2)31(16-21-22(28)11-8-12-23(21)29)26(33)17-32(19-9-6-5-7-10-19)39(35,36)20-13-14-24(37-3)25(15-20)38-4/h5-15,18H,16-17H2,1-4H3,(H,30,34). The van der Waals surface area contributed by atoms with Crippen molar-refractivity contribution in [1.29, 1.82) is 0 Å². The fourth-order valence-electron chi connectivity index (χ4n) is 3.87. The third-order valence-electron chi connectivity index (χ3n) is 6.07. The van der Waals surface area contributed by atoms with Crippen LogP contribution in [0, 0.1) is 0 Å². The fraction of sp³-hybridized carbons (Fsp3) is 0.259. The molecule has 39 heavy (non-hydrogen) atoms. The lowest BCUT2D eigenvalue weighted by Crippen LogP contribution is -2.50. The molecule has 12 heteroatoms. The highest BCUT2D eigenvalue weighted by atomic mass is 35.5. The molecule has 0 radical (unpaired) electrons. The maximum Gasteiger partial charge on any atom is 0.264 e. The molecule has 0 aliphatic rings. The third-order valence-corrected chi connectivity index (χ3v) is 8.55. The van der Waals surface area contributed by atoms with E-state index in [2.05, 4.69) is 5.32 Å². The van der Waals surface area contributed by atoms with Crippen LogP contribution in [0.3, 0.4) is 0 Å². The minimum absolute atomic E-state index is 0.114. The zero-order valence-electron chi connectivity index (χ0n) is 21.9. The topological polar surface area (TPSA) is 105 Å². The van der Waals surface area contributed by atoms with Crippen molar-refractivity contribution in [2.75, 3.05) is 32.1 Å². The molecule has 208 valence electrons. The Hall–Kier alpha value is -3.47. The number of ether oxygens (including phenoxy) is 2. The maximum atomic E-state index is 13.9. The second-order valence-electron chi connectivity index (χ2n) is 8.38. The zero-order valence-corrected chi connectivity index (χ0v) is 24.2. The molecule has 0 aromatic heterocycles. The summed E-state index contributed by atoms with van der Waals surface area (Å²) in [5, 5.41) is 3.14. The van der Waals surface area contributed by atoms with Crippen LogP contribution in [0.1, 0.15) is 12.5 Å². The number of carbonyl (C=O) groups excluding carboxylic acids is 2. The van der Waals surface area contributed by atoms with Gasteiger partial charge in [-0.15, -0.1) is 0 Å². The second kappa shape index (κ2) is 13.1. The lowest BCUT2D eigenvalue weighted by Gasteiger charge is -2.32. The SMILES string of the molecule is CNC(=O)C(C)N(Cc1c(Cl)cccc1Cl)C(=O)CN(c1ccccc1)S(=O)(=O)c1ccc(OC)c(OC)c1. The van der Waals surface area contributed by atoms with Crippen molar-refractivity contribution in [1.82, 2.24) is 10.2 Å². The monoisotopic (exact) mass is 593 g/mol. The lowest BCUT2D eigenvalue weighted by atomic mass is 10.1. The van der Waals surface area contributed by atoms with Crippen LogP contribution >= 0.6 is 23.2 Å². The van der Waals surface area contributed by atoms with Gasteiger partial charge in [0.15, 0.2) is 11.5 Å². The molecule has 2 amide bonds. The summed E-state index contributed by atoms with van der Waals surface area (Å²) in [6.45, 7) is 0.812. The summed E-state index contributed by atoms with van der Waals surface area (Å²) < 4.78 is 39.3. The number of methoxy groups -OCH3 is 2. The number of carbonyl (C=O) groups is 2. The van der Waals surface area contributed by atoms with Crippen molar-refractivity contribution in [3.8, 4) is 11.5 Å². The van der Waals surface area contributed by atoms with Gasteiger partial charge in [-0.05, 0) is 43.3 Å². The number of halogens is 2. The minimum atomic E-state index is -4.28. The molecule has 0 aliphatic heterocycles. The van der Waals surface area contributed by atoms with Crippen molar-refractivity contribution < 1.29 is 27.5 Å². The van der Waals surface area contributed by atoms with Gasteiger partial charge in [-0.3, -0.25) is 13.9 Å². The summed E-state index contributed by atoms with van der Waals surface area (Å²) in [5.41, 5.74) is 0.683. The van der Waals surface area contributed by atoms with Gasteiger partial charge in [-0.1, -0.05) is 47.5 Å². The average Bonchev–Trinajstić information content (AvgIpc) is 2.94. The molecule has 3 rings (SSSR count). The molecule has 3 aromatic rings. The van der Waals surface area contributed by atoms with Crippen LogP contribution in [0.15, 0.2) is 71.6 Å². The first-order valence-corrected chi connectivity index (χ1v) is 14.0. The number of amides is 2. The Kier molecular flexibility index (Phi) is 10.1. The number of hydrogen-bond donors (Lipinski definition) is 1. The van der Waals surface area contributed by atoms with Crippen molar-refractivity contribution in [3.05, 3.63) is 82.3 Å². The van der Waals surface area contributed by atoms with Gasteiger partial charge in [0, 0.05) is 35.3 Å². The van der Waals surface area contributed by atoms with E-state index in [1.807, 2.05) is 0 Å². The lowest BCUT2D eigenvalue weighted by molar-refractivity contribution is -0.139. The van der Waals surface area contributed by atoms with Crippen molar-refractivity contribution >= 4 is 50.7 Å². The predicted molar refractivity (Wildman–Crippen MR) is 151 cm³/mol. The predicted octanol–water partition coefficient (Wildman–Crippen LogP) is 4.37. The maximum absolute atomic E-state index is 13.9. The number of hydrogen-bond acceptors (Lipinski definition) is 6. The van der Waals surface area contributed by atoms with Gasteiger partial charge < -0.3 is 19.7 Å². The number of sulfonamides is 1. The van der Waals surface area contributed by atoms with Gasteiger partial charge >= 0.3 is 0 Å². The first-order valence-electron chi connectivity index (χ1n) is 11.8. The van der Waals surface area contributed by atoms with Crippen LogP contribution < -0.4 is 19.1 Å². The van der Waals surface area contributed by atoms with Crippen molar-refractivity contribution in [3.63, 3.8) is 0 Å². The van der Waals surface area contributed by atoms with Gasteiger partial charge in [0.25, 0.3) is 10.0 Å². The molecule has 0 aliphatic carbocycles. The first-order chi connectivity index (χ1) is 18.5. The number of nitrogens with one attached hydrogen (secondary N) is 1. The van der Waals surface area contributed by atoms with Crippen LogP contribution in [0.4, 0.5) is 5.69 Å². The highest BCUT2D eigenvalue weighted by Gasteiger charge is 2.33. The van der Waals surface area contributed by atoms with Crippen LogP contribution in [0.2, 0.25) is 10.0 Å². The molecule has 1 atom stereocenters. The average molecular weight is 595 g/mol. The summed E-state index contributed by atoms with van der Waals surface area (Å²) in [7, 11) is -0.00480. The minimum Gasteiger partial charge on any atom is -0.493 e. The van der Waals surface area contributed by atoms with E-state index >= 15 is 0 Å². The van der Waals surface area contributed by atoms with Gasteiger partial charge in [0.1, 0.15) is 12.6 Å². The Morgan fingerprint density at radius 1 is 0.923 bits per heavy atom. The molecular formula is C27H29Cl2N3O6S. The van der Waals surface area contributed by atoms with Crippen molar-refractivity contribution in [2.45, 2.75) is 24.4 Å². The molecule has 0 spiro atoms. The summed E-state index contributed by atoms with van der Waals surface area (Å²) in [5.74, 6) is -0.530. The molecule has 0 saturated heterocycles. The molecule has 1 unspecified atom stereocenters.